The van der Waals surface area contributed by atoms with Gasteiger partial charge in [0.1, 0.15) is 6.54 Å². The summed E-state index contributed by atoms with van der Waals surface area (Å²) >= 11 is 1.67. The summed E-state index contributed by atoms with van der Waals surface area (Å²) in [6, 6.07) is 20.7. The second-order valence-corrected chi connectivity index (χ2v) is 8.15. The lowest BCUT2D eigenvalue weighted by atomic mass is 10.0. The van der Waals surface area contributed by atoms with Crippen LogP contribution in [0.2, 0.25) is 0 Å². The van der Waals surface area contributed by atoms with E-state index in [0.717, 1.165) is 17.0 Å². The number of aryl methyl sites for hydroxylation is 2. The molecule has 1 aromatic heterocycles. The van der Waals surface area contributed by atoms with Crippen LogP contribution in [0, 0.1) is 13.8 Å². The van der Waals surface area contributed by atoms with Crippen LogP contribution in [0.4, 0.5) is 0 Å². The van der Waals surface area contributed by atoms with Crippen molar-refractivity contribution in [2.75, 3.05) is 13.6 Å². The Balaban J connectivity index is 1.65. The molecule has 3 rings (SSSR count). The summed E-state index contributed by atoms with van der Waals surface area (Å²) in [5, 5.41) is 5.28. The first-order valence-corrected chi connectivity index (χ1v) is 10.2. The molecule has 0 saturated carbocycles. The highest BCUT2D eigenvalue weighted by Crippen LogP contribution is 2.25. The topological polar surface area (TPSA) is 33.5 Å². The maximum atomic E-state index is 12.7. The van der Waals surface area contributed by atoms with Gasteiger partial charge in [-0.1, -0.05) is 60.2 Å². The predicted molar refractivity (Wildman–Crippen MR) is 112 cm³/mol. The maximum absolute atomic E-state index is 12.7. The van der Waals surface area contributed by atoms with Gasteiger partial charge in [0.15, 0.2) is 6.54 Å². The van der Waals surface area contributed by atoms with Crippen LogP contribution in [-0.4, -0.2) is 19.5 Å². The maximum Gasteiger partial charge on any atom is 0.275 e. The molecule has 0 aliphatic carbocycles. The summed E-state index contributed by atoms with van der Waals surface area (Å²) in [4.78, 5) is 15.1. The Morgan fingerprint density at radius 2 is 1.85 bits per heavy atom. The lowest BCUT2D eigenvalue weighted by Crippen LogP contribution is -3.09. The Labute approximate surface area is 165 Å². The van der Waals surface area contributed by atoms with Gasteiger partial charge in [-0.2, -0.15) is 0 Å². The molecule has 0 saturated heterocycles. The zero-order valence-corrected chi connectivity index (χ0v) is 17.0. The Bertz CT molecular complexity index is 875. The summed E-state index contributed by atoms with van der Waals surface area (Å²) in [7, 11) is 2.07. The number of nitrogens with one attached hydrogen (secondary N) is 2. The second-order valence-electron chi connectivity index (χ2n) is 7.17. The van der Waals surface area contributed by atoms with Crippen molar-refractivity contribution in [3.63, 3.8) is 0 Å². The van der Waals surface area contributed by atoms with Crippen molar-refractivity contribution < 1.29 is 9.69 Å². The van der Waals surface area contributed by atoms with Gasteiger partial charge in [-0.3, -0.25) is 4.79 Å². The summed E-state index contributed by atoms with van der Waals surface area (Å²) < 4.78 is 0. The number of hydrogen-bond acceptors (Lipinski definition) is 2. The highest BCUT2D eigenvalue weighted by Gasteiger charge is 2.20. The van der Waals surface area contributed by atoms with Gasteiger partial charge in [0.05, 0.1) is 13.1 Å². The monoisotopic (exact) mass is 379 g/mol. The van der Waals surface area contributed by atoms with E-state index in [0.29, 0.717) is 6.54 Å². The zero-order chi connectivity index (χ0) is 19.2. The zero-order valence-electron chi connectivity index (χ0n) is 16.2. The van der Waals surface area contributed by atoms with E-state index in [2.05, 4.69) is 68.0 Å². The first-order chi connectivity index (χ1) is 13.0. The number of quaternary nitrogens is 1. The minimum absolute atomic E-state index is 0.0690. The molecule has 3 aromatic rings. The third-order valence-electron chi connectivity index (χ3n) is 4.72. The molecule has 1 heterocycles. The van der Waals surface area contributed by atoms with E-state index >= 15 is 0 Å². The first kappa shape index (κ1) is 19.3. The normalized spacial score (nSPS) is 13.1. The fraction of sp³-hybridized carbons (Fsp3) is 0.261. The highest BCUT2D eigenvalue weighted by molar-refractivity contribution is 7.10. The van der Waals surface area contributed by atoms with Gasteiger partial charge in [-0.25, -0.2) is 0 Å². The number of thiophene rings is 1. The van der Waals surface area contributed by atoms with Crippen molar-refractivity contribution in [2.24, 2.45) is 0 Å². The van der Waals surface area contributed by atoms with Crippen LogP contribution < -0.4 is 10.2 Å². The van der Waals surface area contributed by atoms with E-state index < -0.39 is 0 Å². The molecule has 1 amide bonds. The number of carbonyl (C=O) groups is 1. The summed E-state index contributed by atoms with van der Waals surface area (Å²) in [5.74, 6) is 0.0690. The molecule has 0 spiro atoms. The fourth-order valence-corrected chi connectivity index (χ4v) is 4.14. The van der Waals surface area contributed by atoms with E-state index in [1.807, 2.05) is 24.3 Å². The SMILES string of the molecule is Cc1ccc(C[NH+](C)CC(=O)N[C@@H](c2ccccc2)c2cccs2)c(C)c1. The number of hydrogen-bond donors (Lipinski definition) is 2. The van der Waals surface area contributed by atoms with Gasteiger partial charge in [-0.15, -0.1) is 11.3 Å². The van der Waals surface area contributed by atoms with Crippen LogP contribution in [0.1, 0.15) is 33.2 Å². The minimum atomic E-state index is -0.0902. The molecular weight excluding hydrogens is 352 g/mol. The van der Waals surface area contributed by atoms with Crippen LogP contribution in [0.25, 0.3) is 0 Å². The van der Waals surface area contributed by atoms with E-state index in [1.165, 1.54) is 21.6 Å². The molecule has 0 aliphatic rings. The van der Waals surface area contributed by atoms with Crippen molar-refractivity contribution in [1.29, 1.82) is 0 Å². The molecule has 3 nitrogen and oxygen atoms in total. The van der Waals surface area contributed by atoms with Gasteiger partial charge in [-0.05, 0) is 36.4 Å². The van der Waals surface area contributed by atoms with Gasteiger partial charge in [0, 0.05) is 10.4 Å². The van der Waals surface area contributed by atoms with Gasteiger partial charge in [0.25, 0.3) is 5.91 Å². The molecular formula is C23H27N2OS+. The minimum Gasteiger partial charge on any atom is -0.339 e. The van der Waals surface area contributed by atoms with Crippen LogP contribution in [0.3, 0.4) is 0 Å². The Morgan fingerprint density at radius 1 is 1.07 bits per heavy atom. The van der Waals surface area contributed by atoms with Crippen molar-refractivity contribution >= 4 is 17.2 Å². The Hall–Kier alpha value is -2.43. The van der Waals surface area contributed by atoms with Crippen molar-refractivity contribution in [2.45, 2.75) is 26.4 Å². The molecule has 0 fully saturated rings. The summed E-state index contributed by atoms with van der Waals surface area (Å²) in [5.41, 5.74) is 4.97. The molecule has 140 valence electrons. The summed E-state index contributed by atoms with van der Waals surface area (Å²) in [6.45, 7) is 5.53. The second kappa shape index (κ2) is 8.98. The lowest BCUT2D eigenvalue weighted by molar-refractivity contribution is -0.885. The molecule has 0 bridgehead atoms. The van der Waals surface area contributed by atoms with Crippen LogP contribution in [0.5, 0.6) is 0 Å². The van der Waals surface area contributed by atoms with E-state index in [9.17, 15) is 4.79 Å². The fourth-order valence-electron chi connectivity index (χ4n) is 3.34. The number of carbonyl (C=O) groups excluding carboxylic acids is 1. The third-order valence-corrected chi connectivity index (χ3v) is 5.66. The predicted octanol–water partition coefficient (Wildman–Crippen LogP) is 3.29. The smallest absolute Gasteiger partial charge is 0.275 e. The van der Waals surface area contributed by atoms with Crippen LogP contribution >= 0.6 is 11.3 Å². The van der Waals surface area contributed by atoms with Crippen LogP contribution in [-0.2, 0) is 11.3 Å². The van der Waals surface area contributed by atoms with E-state index in [1.54, 1.807) is 11.3 Å². The molecule has 2 atom stereocenters. The van der Waals surface area contributed by atoms with E-state index in [-0.39, 0.29) is 11.9 Å². The van der Waals surface area contributed by atoms with Crippen molar-refractivity contribution in [1.82, 2.24) is 5.32 Å². The number of rotatable bonds is 7. The number of likely N-dealkylation sites (N-methyl/N-ethyl adjacent to an activating group) is 1. The van der Waals surface area contributed by atoms with Gasteiger partial charge < -0.3 is 10.2 Å². The van der Waals surface area contributed by atoms with Crippen LogP contribution in [0.15, 0.2) is 66.0 Å². The number of benzene rings is 2. The van der Waals surface area contributed by atoms with Crippen molar-refractivity contribution in [3.05, 3.63) is 93.2 Å². The first-order valence-electron chi connectivity index (χ1n) is 9.28. The van der Waals surface area contributed by atoms with E-state index in [4.69, 9.17) is 0 Å². The van der Waals surface area contributed by atoms with Gasteiger partial charge in [0.2, 0.25) is 0 Å². The third kappa shape index (κ3) is 5.28. The summed E-state index contributed by atoms with van der Waals surface area (Å²) in [6.07, 6.45) is 0. The average molecular weight is 380 g/mol. The largest absolute Gasteiger partial charge is 0.339 e. The Morgan fingerprint density at radius 3 is 2.52 bits per heavy atom. The molecule has 2 aromatic carbocycles. The number of amides is 1. The highest BCUT2D eigenvalue weighted by atomic mass is 32.1. The molecule has 0 radical (unpaired) electrons. The molecule has 0 aliphatic heterocycles. The molecule has 2 N–H and O–H groups in total. The van der Waals surface area contributed by atoms with Crippen molar-refractivity contribution in [3.8, 4) is 0 Å². The Kier molecular flexibility index (Phi) is 6.43. The standard InChI is InChI=1S/C23H26N2OS/c1-17-11-12-20(18(2)14-17)15-25(3)16-22(26)24-23(21-10-7-13-27-21)19-8-5-4-6-9-19/h4-14,23H,15-16H2,1-3H3,(H,24,26)/p+1/t23-/m0/s1. The van der Waals surface area contributed by atoms with Gasteiger partial charge >= 0.3 is 0 Å². The molecule has 4 heteroatoms. The average Bonchev–Trinajstić information content (AvgIpc) is 3.17. The molecule has 1 unspecified atom stereocenters. The lowest BCUT2D eigenvalue weighted by Gasteiger charge is -2.20. The quantitative estimate of drug-likeness (QED) is 0.649. The molecule has 27 heavy (non-hydrogen) atoms.